The zero-order valence-electron chi connectivity index (χ0n) is 10.2. The minimum atomic E-state index is -0.299. The summed E-state index contributed by atoms with van der Waals surface area (Å²) < 4.78 is 0. The van der Waals surface area contributed by atoms with E-state index < -0.39 is 0 Å². The van der Waals surface area contributed by atoms with Crippen molar-refractivity contribution in [3.05, 3.63) is 39.9 Å². The van der Waals surface area contributed by atoms with Crippen molar-refractivity contribution in [2.75, 3.05) is 0 Å². The first-order valence-corrected chi connectivity index (χ1v) is 5.62. The molecule has 0 aromatic heterocycles. The monoisotopic (exact) mass is 221 g/mol. The molecular weight excluding hydrogens is 202 g/mol. The molecule has 16 heavy (non-hydrogen) atoms. The Morgan fingerprint density at radius 2 is 1.88 bits per heavy atom. The van der Waals surface area contributed by atoms with Gasteiger partial charge in [0.05, 0.1) is 4.92 Å². The number of hydrogen-bond donors (Lipinski definition) is 0. The fraction of sp³-hybridized carbons (Fsp3) is 0.538. The van der Waals surface area contributed by atoms with Gasteiger partial charge in [-0.15, -0.1) is 0 Å². The third-order valence-corrected chi connectivity index (χ3v) is 2.56. The molecule has 0 fully saturated rings. The van der Waals surface area contributed by atoms with E-state index in [2.05, 4.69) is 20.8 Å². The van der Waals surface area contributed by atoms with Crippen molar-refractivity contribution in [3.8, 4) is 0 Å². The number of nitro groups is 1. The maximum absolute atomic E-state index is 10.8. The van der Waals surface area contributed by atoms with Gasteiger partial charge in [-0.05, 0) is 24.7 Å². The van der Waals surface area contributed by atoms with E-state index in [0.29, 0.717) is 5.41 Å². The summed E-state index contributed by atoms with van der Waals surface area (Å²) in [5.74, 6) is 0. The van der Waals surface area contributed by atoms with Gasteiger partial charge in [0.1, 0.15) is 0 Å². The lowest BCUT2D eigenvalue weighted by Gasteiger charge is -2.17. The van der Waals surface area contributed by atoms with E-state index in [1.54, 1.807) is 12.1 Å². The summed E-state index contributed by atoms with van der Waals surface area (Å²) in [6, 6.07) is 7.00. The predicted molar refractivity (Wildman–Crippen MR) is 65.5 cm³/mol. The van der Waals surface area contributed by atoms with Crippen LogP contribution in [0, 0.1) is 15.5 Å². The quantitative estimate of drug-likeness (QED) is 0.570. The minimum Gasteiger partial charge on any atom is -0.258 e. The van der Waals surface area contributed by atoms with E-state index in [-0.39, 0.29) is 10.6 Å². The van der Waals surface area contributed by atoms with Crippen LogP contribution in [0.4, 0.5) is 5.69 Å². The summed E-state index contributed by atoms with van der Waals surface area (Å²) in [6.07, 6.45) is 2.86. The lowest BCUT2D eigenvalue weighted by molar-refractivity contribution is -0.385. The van der Waals surface area contributed by atoms with Gasteiger partial charge in [0.25, 0.3) is 5.69 Å². The molecule has 1 aromatic carbocycles. The van der Waals surface area contributed by atoms with E-state index >= 15 is 0 Å². The third kappa shape index (κ3) is 4.01. The van der Waals surface area contributed by atoms with Gasteiger partial charge in [-0.2, -0.15) is 0 Å². The molecule has 0 saturated heterocycles. The van der Waals surface area contributed by atoms with Crippen LogP contribution in [0.25, 0.3) is 0 Å². The second-order valence-corrected chi connectivity index (χ2v) is 5.30. The number of aryl methyl sites for hydroxylation is 1. The van der Waals surface area contributed by atoms with Crippen LogP contribution in [0.3, 0.4) is 0 Å². The van der Waals surface area contributed by atoms with Gasteiger partial charge in [0.2, 0.25) is 0 Å². The normalized spacial score (nSPS) is 11.4. The first-order valence-electron chi connectivity index (χ1n) is 5.62. The molecule has 1 rings (SSSR count). The molecule has 0 radical (unpaired) electrons. The predicted octanol–water partition coefficient (Wildman–Crippen LogP) is 3.96. The van der Waals surface area contributed by atoms with Crippen LogP contribution in [-0.4, -0.2) is 4.92 Å². The number of hydrogen-bond acceptors (Lipinski definition) is 2. The van der Waals surface area contributed by atoms with Crippen molar-refractivity contribution in [2.24, 2.45) is 5.41 Å². The SMILES string of the molecule is CC(C)(C)CCCc1ccccc1[N+](=O)[O-]. The molecular formula is C13H19NO2. The molecule has 0 aliphatic rings. The molecule has 3 nitrogen and oxygen atoms in total. The van der Waals surface area contributed by atoms with Gasteiger partial charge in [0.15, 0.2) is 0 Å². The molecule has 0 N–H and O–H groups in total. The molecule has 0 aliphatic carbocycles. The van der Waals surface area contributed by atoms with Gasteiger partial charge in [-0.25, -0.2) is 0 Å². The van der Waals surface area contributed by atoms with E-state index in [4.69, 9.17) is 0 Å². The molecule has 0 atom stereocenters. The average Bonchev–Trinajstić information content (AvgIpc) is 2.16. The smallest absolute Gasteiger partial charge is 0.258 e. The minimum absolute atomic E-state index is 0.247. The Kier molecular flexibility index (Phi) is 4.05. The highest BCUT2D eigenvalue weighted by Gasteiger charge is 2.14. The molecule has 0 spiro atoms. The highest BCUT2D eigenvalue weighted by molar-refractivity contribution is 5.39. The molecule has 88 valence electrons. The van der Waals surface area contributed by atoms with E-state index in [1.807, 2.05) is 12.1 Å². The number of benzene rings is 1. The van der Waals surface area contributed by atoms with Crippen LogP contribution in [0.1, 0.15) is 39.2 Å². The zero-order valence-corrected chi connectivity index (χ0v) is 10.2. The van der Waals surface area contributed by atoms with Gasteiger partial charge in [-0.3, -0.25) is 10.1 Å². The average molecular weight is 221 g/mol. The Hall–Kier alpha value is -1.38. The van der Waals surface area contributed by atoms with Crippen molar-refractivity contribution in [1.29, 1.82) is 0 Å². The fourth-order valence-corrected chi connectivity index (χ4v) is 1.71. The van der Waals surface area contributed by atoms with Gasteiger partial charge < -0.3 is 0 Å². The number of nitrogens with zero attached hydrogens (tertiary/aromatic N) is 1. The van der Waals surface area contributed by atoms with Gasteiger partial charge >= 0.3 is 0 Å². The molecule has 0 amide bonds. The Labute approximate surface area is 96.6 Å². The van der Waals surface area contributed by atoms with Crippen molar-refractivity contribution in [2.45, 2.75) is 40.0 Å². The number of para-hydroxylation sites is 1. The van der Waals surface area contributed by atoms with Crippen LogP contribution in [0.5, 0.6) is 0 Å². The number of nitro benzene ring substituents is 1. The standard InChI is InChI=1S/C13H19NO2/c1-13(2,3)10-6-8-11-7-4-5-9-12(11)14(15)16/h4-5,7,9H,6,8,10H2,1-3H3. The van der Waals surface area contributed by atoms with E-state index in [9.17, 15) is 10.1 Å². The Bertz CT molecular complexity index is 366. The molecule has 0 heterocycles. The highest BCUT2D eigenvalue weighted by Crippen LogP contribution is 2.24. The summed E-state index contributed by atoms with van der Waals surface area (Å²) in [7, 11) is 0. The van der Waals surface area contributed by atoms with Crippen LogP contribution in [0.15, 0.2) is 24.3 Å². The van der Waals surface area contributed by atoms with Crippen molar-refractivity contribution in [3.63, 3.8) is 0 Å². The highest BCUT2D eigenvalue weighted by atomic mass is 16.6. The summed E-state index contributed by atoms with van der Waals surface area (Å²) in [5.41, 5.74) is 1.39. The topological polar surface area (TPSA) is 43.1 Å². The summed E-state index contributed by atoms with van der Waals surface area (Å²) in [6.45, 7) is 6.56. The van der Waals surface area contributed by atoms with E-state index in [0.717, 1.165) is 24.8 Å². The first kappa shape index (κ1) is 12.7. The third-order valence-electron chi connectivity index (χ3n) is 2.56. The first-order chi connectivity index (χ1) is 7.40. The van der Waals surface area contributed by atoms with Gasteiger partial charge in [-0.1, -0.05) is 39.0 Å². The van der Waals surface area contributed by atoms with Crippen LogP contribution >= 0.6 is 0 Å². The summed E-state index contributed by atoms with van der Waals surface area (Å²) in [5, 5.41) is 10.8. The van der Waals surface area contributed by atoms with Crippen molar-refractivity contribution < 1.29 is 4.92 Å². The Morgan fingerprint density at radius 3 is 2.44 bits per heavy atom. The van der Waals surface area contributed by atoms with Crippen molar-refractivity contribution >= 4 is 5.69 Å². The summed E-state index contributed by atoms with van der Waals surface area (Å²) >= 11 is 0. The molecule has 1 aromatic rings. The van der Waals surface area contributed by atoms with Crippen LogP contribution < -0.4 is 0 Å². The molecule has 0 unspecified atom stereocenters. The largest absolute Gasteiger partial charge is 0.272 e. The maximum atomic E-state index is 10.8. The lowest BCUT2D eigenvalue weighted by atomic mass is 9.89. The molecule has 0 aliphatic heterocycles. The molecule has 0 saturated carbocycles. The van der Waals surface area contributed by atoms with Crippen LogP contribution in [-0.2, 0) is 6.42 Å². The Balaban J connectivity index is 2.64. The molecule has 0 bridgehead atoms. The Morgan fingerprint density at radius 1 is 1.25 bits per heavy atom. The molecule has 3 heteroatoms. The van der Waals surface area contributed by atoms with Crippen LogP contribution in [0.2, 0.25) is 0 Å². The number of rotatable bonds is 4. The second kappa shape index (κ2) is 5.10. The summed E-state index contributed by atoms with van der Waals surface area (Å²) in [4.78, 5) is 10.5. The van der Waals surface area contributed by atoms with E-state index in [1.165, 1.54) is 0 Å². The second-order valence-electron chi connectivity index (χ2n) is 5.30. The fourth-order valence-electron chi connectivity index (χ4n) is 1.71. The zero-order chi connectivity index (χ0) is 12.2. The maximum Gasteiger partial charge on any atom is 0.272 e. The van der Waals surface area contributed by atoms with Gasteiger partial charge in [0, 0.05) is 11.6 Å². The van der Waals surface area contributed by atoms with Crippen molar-refractivity contribution in [1.82, 2.24) is 0 Å². The lowest BCUT2D eigenvalue weighted by Crippen LogP contribution is -2.05.